The van der Waals surface area contributed by atoms with Gasteiger partial charge in [0.2, 0.25) is 0 Å². The van der Waals surface area contributed by atoms with Crippen molar-refractivity contribution < 1.29 is 36.3 Å². The summed E-state index contributed by atoms with van der Waals surface area (Å²) < 4.78 is 49.0. The van der Waals surface area contributed by atoms with Crippen LogP contribution in [0.15, 0.2) is 0 Å². The molecule has 1 aliphatic rings. The van der Waals surface area contributed by atoms with Gasteiger partial charge in [-0.1, -0.05) is 0 Å². The fourth-order valence-corrected chi connectivity index (χ4v) is 2.60. The van der Waals surface area contributed by atoms with Crippen LogP contribution in [0.1, 0.15) is 26.7 Å². The predicted molar refractivity (Wildman–Crippen MR) is 76.7 cm³/mol. The van der Waals surface area contributed by atoms with Crippen LogP contribution in [0, 0.1) is 0 Å². The molecule has 8 nitrogen and oxygen atoms in total. The van der Waals surface area contributed by atoms with Gasteiger partial charge in [0.05, 0.1) is 19.0 Å². The summed E-state index contributed by atoms with van der Waals surface area (Å²) in [5, 5.41) is 0. The van der Waals surface area contributed by atoms with E-state index in [-0.39, 0.29) is 13.4 Å². The monoisotopic (exact) mass is 340 g/mol. The Labute approximate surface area is 131 Å². The van der Waals surface area contributed by atoms with Crippen molar-refractivity contribution in [2.75, 3.05) is 26.8 Å². The number of carbonyl (C=O) groups is 1. The second kappa shape index (κ2) is 8.32. The van der Waals surface area contributed by atoms with Crippen molar-refractivity contribution in [2.24, 2.45) is 0 Å². The first-order chi connectivity index (χ1) is 10.2. The van der Waals surface area contributed by atoms with Gasteiger partial charge < -0.3 is 23.7 Å². The van der Waals surface area contributed by atoms with Gasteiger partial charge in [-0.2, -0.15) is 8.42 Å². The summed E-state index contributed by atoms with van der Waals surface area (Å²) in [5.41, 5.74) is 0. The minimum Gasteiger partial charge on any atom is -0.359 e. The molecule has 3 atom stereocenters. The van der Waals surface area contributed by atoms with Gasteiger partial charge in [0.25, 0.3) is 10.1 Å². The fraction of sp³-hybridized carbons (Fsp3) is 0.923. The molecule has 9 heteroatoms. The van der Waals surface area contributed by atoms with Crippen LogP contribution in [0.2, 0.25) is 0 Å². The van der Waals surface area contributed by atoms with E-state index >= 15 is 0 Å². The van der Waals surface area contributed by atoms with E-state index in [0.29, 0.717) is 12.8 Å². The molecular formula is C13H24O8S. The van der Waals surface area contributed by atoms with Crippen LogP contribution in [0.3, 0.4) is 0 Å². The van der Waals surface area contributed by atoms with Gasteiger partial charge in [-0.15, -0.1) is 0 Å². The van der Waals surface area contributed by atoms with E-state index in [9.17, 15) is 13.2 Å². The molecule has 22 heavy (non-hydrogen) atoms. The minimum absolute atomic E-state index is 0.0432. The fourth-order valence-electron chi connectivity index (χ4n) is 2.22. The molecule has 0 aliphatic carbocycles. The number of aldehydes is 1. The highest BCUT2D eigenvalue weighted by atomic mass is 32.2. The molecule has 0 saturated carbocycles. The minimum atomic E-state index is -3.61. The Balaban J connectivity index is 2.80. The van der Waals surface area contributed by atoms with Gasteiger partial charge in [0.1, 0.15) is 25.3 Å². The Morgan fingerprint density at radius 1 is 1.32 bits per heavy atom. The number of carbonyl (C=O) groups excluding carboxylic acids is 1. The van der Waals surface area contributed by atoms with E-state index < -0.39 is 34.2 Å². The van der Waals surface area contributed by atoms with Crippen LogP contribution >= 0.6 is 0 Å². The summed E-state index contributed by atoms with van der Waals surface area (Å²) in [5.74, 6) is -0.849. The maximum atomic E-state index is 11.2. The van der Waals surface area contributed by atoms with Crippen LogP contribution in [-0.2, 0) is 38.0 Å². The van der Waals surface area contributed by atoms with Gasteiger partial charge >= 0.3 is 0 Å². The quantitative estimate of drug-likeness (QED) is 0.321. The molecule has 1 rings (SSSR count). The molecule has 0 aromatic heterocycles. The predicted octanol–water partition coefficient (Wildman–Crippen LogP) is 0.451. The van der Waals surface area contributed by atoms with Crippen molar-refractivity contribution in [1.82, 2.24) is 0 Å². The smallest absolute Gasteiger partial charge is 0.264 e. The summed E-state index contributed by atoms with van der Waals surface area (Å²) in [6.07, 6.45) is 0.850. The topological polar surface area (TPSA) is 97.4 Å². The van der Waals surface area contributed by atoms with Crippen LogP contribution in [0.25, 0.3) is 0 Å². The first-order valence-electron chi connectivity index (χ1n) is 6.92. The molecule has 1 saturated heterocycles. The lowest BCUT2D eigenvalue weighted by Gasteiger charge is -2.26. The second-order valence-electron chi connectivity index (χ2n) is 5.48. The van der Waals surface area contributed by atoms with E-state index in [1.165, 1.54) is 7.11 Å². The zero-order valence-corrected chi connectivity index (χ0v) is 14.1. The van der Waals surface area contributed by atoms with Crippen molar-refractivity contribution in [3.63, 3.8) is 0 Å². The highest BCUT2D eigenvalue weighted by Crippen LogP contribution is 2.33. The van der Waals surface area contributed by atoms with Crippen LogP contribution in [-0.4, -0.2) is 65.6 Å². The summed E-state index contributed by atoms with van der Waals surface area (Å²) in [7, 11) is -2.16. The Morgan fingerprint density at radius 2 is 2.00 bits per heavy atom. The van der Waals surface area contributed by atoms with Gasteiger partial charge in [0.15, 0.2) is 5.79 Å². The number of hydrogen-bond donors (Lipinski definition) is 0. The largest absolute Gasteiger partial charge is 0.359 e. The molecular weight excluding hydrogens is 316 g/mol. The van der Waals surface area contributed by atoms with E-state index in [0.717, 1.165) is 12.5 Å². The first kappa shape index (κ1) is 19.5. The number of hydrogen-bond acceptors (Lipinski definition) is 8. The zero-order valence-electron chi connectivity index (χ0n) is 13.3. The maximum Gasteiger partial charge on any atom is 0.264 e. The van der Waals surface area contributed by atoms with E-state index in [1.807, 2.05) is 0 Å². The van der Waals surface area contributed by atoms with E-state index in [1.54, 1.807) is 13.8 Å². The standard InChI is InChI=1S/C13H24O8S/c1-13(2)20-10(6-5-7-14)12(21-13)11(18-9-17-3)8-19-22(4,15)16/h7,10-12H,5-6,8-9H2,1-4H3/t10-,11+,12-/m0/s1. The normalized spacial score (nSPS) is 26.0. The average Bonchev–Trinajstić information content (AvgIpc) is 2.70. The summed E-state index contributed by atoms with van der Waals surface area (Å²) >= 11 is 0. The Morgan fingerprint density at radius 3 is 2.55 bits per heavy atom. The average molecular weight is 340 g/mol. The number of rotatable bonds is 10. The highest BCUT2D eigenvalue weighted by molar-refractivity contribution is 7.85. The Bertz CT molecular complexity index is 447. The number of ether oxygens (including phenoxy) is 4. The lowest BCUT2D eigenvalue weighted by Crippen LogP contribution is -2.41. The molecule has 1 aliphatic heterocycles. The molecule has 0 bridgehead atoms. The molecule has 0 aromatic carbocycles. The third-order valence-electron chi connectivity index (χ3n) is 3.00. The van der Waals surface area contributed by atoms with Gasteiger partial charge in [-0.25, -0.2) is 0 Å². The zero-order chi connectivity index (χ0) is 16.8. The molecule has 0 unspecified atom stereocenters. The van der Waals surface area contributed by atoms with Crippen molar-refractivity contribution in [1.29, 1.82) is 0 Å². The van der Waals surface area contributed by atoms with Crippen molar-refractivity contribution >= 4 is 16.4 Å². The lowest BCUT2D eigenvalue weighted by molar-refractivity contribution is -0.173. The van der Waals surface area contributed by atoms with E-state index in [2.05, 4.69) is 0 Å². The third kappa shape index (κ3) is 6.67. The maximum absolute atomic E-state index is 11.2. The molecule has 0 N–H and O–H groups in total. The van der Waals surface area contributed by atoms with Crippen molar-refractivity contribution in [2.45, 2.75) is 50.8 Å². The molecule has 0 radical (unpaired) electrons. The van der Waals surface area contributed by atoms with Crippen molar-refractivity contribution in [3.8, 4) is 0 Å². The van der Waals surface area contributed by atoms with E-state index in [4.69, 9.17) is 23.1 Å². The lowest BCUT2D eigenvalue weighted by atomic mass is 10.0. The first-order valence-corrected chi connectivity index (χ1v) is 8.74. The molecule has 0 aromatic rings. The number of methoxy groups -OCH3 is 1. The summed E-state index contributed by atoms with van der Waals surface area (Å²) in [6.45, 7) is 3.22. The van der Waals surface area contributed by atoms with Gasteiger partial charge in [-0.3, -0.25) is 4.18 Å². The second-order valence-corrected chi connectivity index (χ2v) is 7.13. The van der Waals surface area contributed by atoms with Crippen LogP contribution < -0.4 is 0 Å². The molecule has 130 valence electrons. The molecule has 0 spiro atoms. The highest BCUT2D eigenvalue weighted by Gasteiger charge is 2.45. The summed E-state index contributed by atoms with van der Waals surface area (Å²) in [4.78, 5) is 10.6. The van der Waals surface area contributed by atoms with Crippen LogP contribution in [0.5, 0.6) is 0 Å². The summed E-state index contributed by atoms with van der Waals surface area (Å²) in [6, 6.07) is 0. The Kier molecular flexibility index (Phi) is 7.36. The molecule has 1 heterocycles. The Hall–Kier alpha value is -0.580. The van der Waals surface area contributed by atoms with Gasteiger partial charge in [0, 0.05) is 13.5 Å². The molecule has 0 amide bonds. The SMILES string of the molecule is COCO[C@H](COS(C)(=O)=O)[C@H]1OC(C)(C)O[C@H]1CCC=O. The molecule has 1 fully saturated rings. The van der Waals surface area contributed by atoms with Crippen molar-refractivity contribution in [3.05, 3.63) is 0 Å². The van der Waals surface area contributed by atoms with Gasteiger partial charge in [-0.05, 0) is 20.3 Å². The third-order valence-corrected chi connectivity index (χ3v) is 3.57. The van der Waals surface area contributed by atoms with Crippen LogP contribution in [0.4, 0.5) is 0 Å².